The van der Waals surface area contributed by atoms with Crippen molar-refractivity contribution in [1.82, 2.24) is 4.98 Å². The predicted octanol–water partition coefficient (Wildman–Crippen LogP) is 5.20. The highest BCUT2D eigenvalue weighted by Crippen LogP contribution is 2.26. The fourth-order valence-electron chi connectivity index (χ4n) is 2.30. The van der Waals surface area contributed by atoms with Crippen LogP contribution in [0.1, 0.15) is 31.1 Å². The molecule has 3 nitrogen and oxygen atoms in total. The minimum Gasteiger partial charge on any atom is -0.481 e. The van der Waals surface area contributed by atoms with Gasteiger partial charge in [-0.25, -0.2) is 9.37 Å². The van der Waals surface area contributed by atoms with Gasteiger partial charge in [-0.15, -0.1) is 0 Å². The van der Waals surface area contributed by atoms with Crippen LogP contribution in [0.2, 0.25) is 5.02 Å². The molecule has 0 saturated heterocycles. The van der Waals surface area contributed by atoms with Gasteiger partial charge in [0.15, 0.2) is 0 Å². The van der Waals surface area contributed by atoms with Gasteiger partial charge in [0.05, 0.1) is 24.3 Å². The van der Waals surface area contributed by atoms with Gasteiger partial charge in [0.25, 0.3) is 0 Å². The minimum atomic E-state index is -0.404. The average Bonchev–Trinajstić information content (AvgIpc) is 2.50. The summed E-state index contributed by atoms with van der Waals surface area (Å²) in [5, 5.41) is 0.134. The van der Waals surface area contributed by atoms with Crippen LogP contribution in [0.25, 0.3) is 0 Å². The lowest BCUT2D eigenvalue weighted by Gasteiger charge is -2.20. The standard InChI is InChI=1S/C17H18ClFINO2/c1-10(6-12-4-5-14(18)15(19)7-12)23-11(2)13-9-21-17(22-3)8-16(13)20/h4-5,7-11H,6H2,1-3H3. The molecular weight excluding hydrogens is 432 g/mol. The molecular formula is C17H18ClFINO2. The summed E-state index contributed by atoms with van der Waals surface area (Å²) >= 11 is 7.94. The Bertz CT molecular complexity index is 684. The third-order valence-electron chi connectivity index (χ3n) is 3.45. The summed E-state index contributed by atoms with van der Waals surface area (Å²) in [4.78, 5) is 4.22. The van der Waals surface area contributed by atoms with Crippen LogP contribution < -0.4 is 4.74 Å². The van der Waals surface area contributed by atoms with Crippen molar-refractivity contribution in [3.63, 3.8) is 0 Å². The second-order valence-corrected chi connectivity index (χ2v) is 6.86. The predicted molar refractivity (Wildman–Crippen MR) is 97.6 cm³/mol. The molecule has 1 aromatic carbocycles. The number of hydrogen-bond acceptors (Lipinski definition) is 3. The maximum Gasteiger partial charge on any atom is 0.213 e. The maximum absolute atomic E-state index is 13.5. The number of halogens is 3. The Hall–Kier alpha value is -0.920. The third-order valence-corrected chi connectivity index (χ3v) is 4.69. The molecule has 0 aliphatic carbocycles. The van der Waals surface area contributed by atoms with Crippen molar-refractivity contribution >= 4 is 34.2 Å². The summed E-state index contributed by atoms with van der Waals surface area (Å²) in [5.41, 5.74) is 1.86. The summed E-state index contributed by atoms with van der Waals surface area (Å²) in [6, 6.07) is 6.70. The molecule has 0 aliphatic heterocycles. The summed E-state index contributed by atoms with van der Waals surface area (Å²) < 4.78 is 25.7. The van der Waals surface area contributed by atoms with Crippen LogP contribution in [0.4, 0.5) is 4.39 Å². The highest BCUT2D eigenvalue weighted by molar-refractivity contribution is 14.1. The lowest BCUT2D eigenvalue weighted by molar-refractivity contribution is 0.00702. The van der Waals surface area contributed by atoms with Gasteiger partial charge in [0.2, 0.25) is 5.88 Å². The van der Waals surface area contributed by atoms with Crippen molar-refractivity contribution in [1.29, 1.82) is 0 Å². The zero-order valence-corrected chi connectivity index (χ0v) is 16.1. The molecule has 0 aliphatic rings. The molecule has 6 heteroatoms. The van der Waals surface area contributed by atoms with Gasteiger partial charge in [-0.05, 0) is 60.6 Å². The molecule has 1 aromatic heterocycles. The van der Waals surface area contributed by atoms with E-state index in [1.807, 2.05) is 26.0 Å². The Kier molecular flexibility index (Phi) is 6.61. The van der Waals surface area contributed by atoms with Crippen LogP contribution in [0, 0.1) is 9.39 Å². The number of pyridine rings is 1. The lowest BCUT2D eigenvalue weighted by Crippen LogP contribution is -2.15. The molecule has 2 rings (SSSR count). The van der Waals surface area contributed by atoms with Crippen LogP contribution in [-0.4, -0.2) is 18.2 Å². The zero-order chi connectivity index (χ0) is 17.0. The van der Waals surface area contributed by atoms with Gasteiger partial charge in [0, 0.05) is 21.4 Å². The van der Waals surface area contributed by atoms with Crippen LogP contribution >= 0.6 is 34.2 Å². The molecule has 0 bridgehead atoms. The number of benzene rings is 1. The van der Waals surface area contributed by atoms with Crippen LogP contribution in [0.3, 0.4) is 0 Å². The monoisotopic (exact) mass is 449 g/mol. The van der Waals surface area contributed by atoms with Gasteiger partial charge in [-0.3, -0.25) is 0 Å². The average molecular weight is 450 g/mol. The summed E-state index contributed by atoms with van der Waals surface area (Å²) in [7, 11) is 1.59. The van der Waals surface area contributed by atoms with Gasteiger partial charge in [-0.1, -0.05) is 17.7 Å². The quantitative estimate of drug-likeness (QED) is 0.568. The maximum atomic E-state index is 13.5. The van der Waals surface area contributed by atoms with Crippen molar-refractivity contribution in [2.45, 2.75) is 32.5 Å². The Morgan fingerprint density at radius 1 is 1.30 bits per heavy atom. The fraction of sp³-hybridized carbons (Fsp3) is 0.353. The first-order valence-corrected chi connectivity index (χ1v) is 8.65. The van der Waals surface area contributed by atoms with E-state index in [1.54, 1.807) is 19.4 Å². The Morgan fingerprint density at radius 2 is 2.04 bits per heavy atom. The van der Waals surface area contributed by atoms with E-state index in [-0.39, 0.29) is 17.2 Å². The van der Waals surface area contributed by atoms with Crippen molar-refractivity contribution < 1.29 is 13.9 Å². The van der Waals surface area contributed by atoms with E-state index >= 15 is 0 Å². The van der Waals surface area contributed by atoms with E-state index in [2.05, 4.69) is 27.6 Å². The lowest BCUT2D eigenvalue weighted by atomic mass is 10.1. The normalized spacial score (nSPS) is 13.7. The highest BCUT2D eigenvalue weighted by Gasteiger charge is 2.15. The Balaban J connectivity index is 2.01. The molecule has 23 heavy (non-hydrogen) atoms. The zero-order valence-electron chi connectivity index (χ0n) is 13.1. The van der Waals surface area contributed by atoms with E-state index in [0.29, 0.717) is 12.3 Å². The van der Waals surface area contributed by atoms with Crippen LogP contribution in [-0.2, 0) is 11.2 Å². The van der Waals surface area contributed by atoms with Crippen molar-refractivity contribution in [2.24, 2.45) is 0 Å². The largest absolute Gasteiger partial charge is 0.481 e. The van der Waals surface area contributed by atoms with E-state index in [4.69, 9.17) is 21.1 Å². The van der Waals surface area contributed by atoms with E-state index in [0.717, 1.165) is 14.7 Å². The molecule has 0 radical (unpaired) electrons. The molecule has 0 spiro atoms. The molecule has 1 heterocycles. The molecule has 0 amide bonds. The molecule has 2 atom stereocenters. The van der Waals surface area contributed by atoms with Gasteiger partial charge in [0.1, 0.15) is 5.82 Å². The number of hydrogen-bond donors (Lipinski definition) is 0. The first kappa shape index (κ1) is 18.4. The van der Waals surface area contributed by atoms with Crippen LogP contribution in [0.15, 0.2) is 30.5 Å². The molecule has 0 fully saturated rings. The second kappa shape index (κ2) is 8.26. The molecule has 0 saturated carbocycles. The Morgan fingerprint density at radius 3 is 2.65 bits per heavy atom. The molecule has 124 valence electrons. The first-order valence-electron chi connectivity index (χ1n) is 7.19. The highest BCUT2D eigenvalue weighted by atomic mass is 127. The molecule has 2 aromatic rings. The van der Waals surface area contributed by atoms with Gasteiger partial charge < -0.3 is 9.47 Å². The third kappa shape index (κ3) is 5.02. The fourth-order valence-corrected chi connectivity index (χ4v) is 3.26. The Labute approximate surface area is 154 Å². The summed E-state index contributed by atoms with van der Waals surface area (Å²) in [5.74, 6) is 0.174. The smallest absolute Gasteiger partial charge is 0.213 e. The minimum absolute atomic E-state index is 0.0662. The van der Waals surface area contributed by atoms with Crippen molar-refractivity contribution in [2.75, 3.05) is 7.11 Å². The van der Waals surface area contributed by atoms with Gasteiger partial charge >= 0.3 is 0 Å². The van der Waals surface area contributed by atoms with E-state index in [9.17, 15) is 4.39 Å². The van der Waals surface area contributed by atoms with E-state index < -0.39 is 5.82 Å². The number of aromatic nitrogens is 1. The van der Waals surface area contributed by atoms with E-state index in [1.165, 1.54) is 6.07 Å². The van der Waals surface area contributed by atoms with Gasteiger partial charge in [-0.2, -0.15) is 0 Å². The summed E-state index contributed by atoms with van der Waals surface area (Å²) in [6.45, 7) is 3.94. The molecule has 0 N–H and O–H groups in total. The SMILES string of the molecule is COc1cc(I)c(C(C)OC(C)Cc2ccc(Cl)c(F)c2)cn1. The topological polar surface area (TPSA) is 31.4 Å². The van der Waals surface area contributed by atoms with Crippen molar-refractivity contribution in [3.8, 4) is 5.88 Å². The summed E-state index contributed by atoms with van der Waals surface area (Å²) in [6.07, 6.45) is 2.19. The molecule has 2 unspecified atom stereocenters. The first-order chi connectivity index (χ1) is 10.9. The van der Waals surface area contributed by atoms with Crippen molar-refractivity contribution in [3.05, 3.63) is 56.0 Å². The number of ether oxygens (including phenoxy) is 2. The number of methoxy groups -OCH3 is 1. The number of rotatable bonds is 6. The van der Waals surface area contributed by atoms with Crippen LogP contribution in [0.5, 0.6) is 5.88 Å². The number of nitrogens with zero attached hydrogens (tertiary/aromatic N) is 1. The second-order valence-electron chi connectivity index (χ2n) is 5.29.